The van der Waals surface area contributed by atoms with Gasteiger partial charge in [-0.1, -0.05) is 6.42 Å². The lowest BCUT2D eigenvalue weighted by Crippen LogP contribution is -2.81. The van der Waals surface area contributed by atoms with Crippen molar-refractivity contribution in [1.82, 2.24) is 0 Å². The van der Waals surface area contributed by atoms with E-state index in [4.69, 9.17) is 30.6 Å². The van der Waals surface area contributed by atoms with Crippen LogP contribution < -0.4 is 0 Å². The monoisotopic (exact) mass is 422 g/mol. The van der Waals surface area contributed by atoms with Crippen molar-refractivity contribution in [2.75, 3.05) is 7.11 Å². The third-order valence-corrected chi connectivity index (χ3v) is 8.96. The van der Waals surface area contributed by atoms with Gasteiger partial charge in [0.1, 0.15) is 0 Å². The molecule has 5 saturated carbocycles. The van der Waals surface area contributed by atoms with E-state index in [1.165, 1.54) is 0 Å². The lowest BCUT2D eigenvalue weighted by Gasteiger charge is -2.71. The molecule has 0 amide bonds. The van der Waals surface area contributed by atoms with Crippen LogP contribution in [-0.2, 0) is 23.6 Å². The van der Waals surface area contributed by atoms with E-state index in [-0.39, 0.29) is 10.8 Å². The highest BCUT2D eigenvalue weighted by Crippen LogP contribution is 2.71. The van der Waals surface area contributed by atoms with Gasteiger partial charge >= 0.3 is 7.82 Å². The molecule has 6 rings (SSSR count). The molecular weight excluding hydrogens is 395 g/mol. The van der Waals surface area contributed by atoms with E-state index in [2.05, 4.69) is 0 Å². The second-order valence-corrected chi connectivity index (χ2v) is 11.4. The van der Waals surface area contributed by atoms with Gasteiger partial charge in [-0.3, -0.25) is 4.52 Å². The molecule has 5 aliphatic carbocycles. The average molecular weight is 423 g/mol. The van der Waals surface area contributed by atoms with Crippen LogP contribution in [0.5, 0.6) is 0 Å². The molecule has 4 bridgehead atoms. The fraction of sp³-hybridized carbons (Fsp3) is 1.00. The summed E-state index contributed by atoms with van der Waals surface area (Å²) in [5.41, 5.74) is -0.494. The Balaban J connectivity index is 1.43. The Bertz CT molecular complexity index is 648. The highest BCUT2D eigenvalue weighted by atomic mass is 35.5. The van der Waals surface area contributed by atoms with Crippen molar-refractivity contribution in [1.29, 1.82) is 0 Å². The van der Waals surface area contributed by atoms with Gasteiger partial charge in [0.05, 0.1) is 6.10 Å². The third kappa shape index (κ3) is 2.73. The highest BCUT2D eigenvalue weighted by Gasteiger charge is 2.79. The summed E-state index contributed by atoms with van der Waals surface area (Å²) >= 11 is 6.91. The summed E-state index contributed by atoms with van der Waals surface area (Å²) < 4.78 is 22.4. The van der Waals surface area contributed by atoms with E-state index < -0.39 is 25.3 Å². The molecule has 1 spiro atoms. The quantitative estimate of drug-likeness (QED) is 0.406. The number of phosphoric acid groups is 1. The number of rotatable bonds is 4. The standard InChI is InChI=1S/C18H28ClO7P/c1-23-18(12-3-2-4-15(7-12)24-27(20,21)22)17(25-26-18)13-5-11-6-14(17)10-16(19,8-11)9-13/h11-15H,2-10H2,1H3,(H2,20,21,22). The summed E-state index contributed by atoms with van der Waals surface area (Å²) in [5, 5.41) is 0. The van der Waals surface area contributed by atoms with Gasteiger partial charge in [-0.15, -0.1) is 11.6 Å². The Kier molecular flexibility index (Phi) is 4.38. The summed E-state index contributed by atoms with van der Waals surface area (Å²) in [4.78, 5) is 30.1. The molecule has 0 aromatic rings. The topological polar surface area (TPSA) is 94.5 Å². The van der Waals surface area contributed by atoms with Gasteiger partial charge in [-0.2, -0.15) is 4.89 Å². The number of hydrogen-bond acceptors (Lipinski definition) is 5. The van der Waals surface area contributed by atoms with Gasteiger partial charge in [0, 0.05) is 17.9 Å². The zero-order valence-electron chi connectivity index (χ0n) is 15.5. The van der Waals surface area contributed by atoms with Gasteiger partial charge in [0.2, 0.25) is 5.79 Å². The maximum Gasteiger partial charge on any atom is 0.469 e. The Morgan fingerprint density at radius 3 is 2.26 bits per heavy atom. The molecule has 6 aliphatic rings. The number of hydrogen-bond donors (Lipinski definition) is 2. The molecule has 1 aliphatic heterocycles. The molecule has 5 unspecified atom stereocenters. The molecule has 0 radical (unpaired) electrons. The Hall–Kier alpha value is 0.280. The number of ether oxygens (including phenoxy) is 1. The van der Waals surface area contributed by atoms with Gasteiger partial charge in [-0.25, -0.2) is 9.45 Å². The van der Waals surface area contributed by atoms with Crippen LogP contribution in [0, 0.1) is 23.7 Å². The van der Waals surface area contributed by atoms with Crippen molar-refractivity contribution in [3.63, 3.8) is 0 Å². The summed E-state index contributed by atoms with van der Waals surface area (Å²) in [6, 6.07) is 0. The van der Waals surface area contributed by atoms with E-state index in [0.717, 1.165) is 44.9 Å². The molecule has 1 heterocycles. The predicted molar refractivity (Wildman–Crippen MR) is 95.7 cm³/mol. The maximum absolute atomic E-state index is 11.3. The second kappa shape index (κ2) is 6.14. The molecule has 9 heteroatoms. The van der Waals surface area contributed by atoms with Crippen molar-refractivity contribution in [3.05, 3.63) is 0 Å². The van der Waals surface area contributed by atoms with Gasteiger partial charge in [0.15, 0.2) is 5.60 Å². The highest BCUT2D eigenvalue weighted by molar-refractivity contribution is 7.46. The van der Waals surface area contributed by atoms with Crippen LogP contribution >= 0.6 is 19.4 Å². The minimum atomic E-state index is -4.51. The van der Waals surface area contributed by atoms with Crippen molar-refractivity contribution < 1.29 is 33.4 Å². The number of alkyl halides is 1. The van der Waals surface area contributed by atoms with Gasteiger partial charge < -0.3 is 14.5 Å². The minimum Gasteiger partial charge on any atom is -0.348 e. The first kappa shape index (κ1) is 19.3. The Labute approximate surface area is 164 Å². The van der Waals surface area contributed by atoms with E-state index in [0.29, 0.717) is 30.6 Å². The molecule has 6 fully saturated rings. The molecular formula is C18H28ClO7P. The first-order chi connectivity index (χ1) is 12.7. The van der Waals surface area contributed by atoms with E-state index >= 15 is 0 Å². The van der Waals surface area contributed by atoms with Crippen LogP contribution in [0.2, 0.25) is 0 Å². The first-order valence-corrected chi connectivity index (χ1v) is 12.0. The minimum absolute atomic E-state index is 0.0228. The van der Waals surface area contributed by atoms with Crippen LogP contribution in [-0.4, -0.2) is 39.3 Å². The Morgan fingerprint density at radius 2 is 1.74 bits per heavy atom. The van der Waals surface area contributed by atoms with Crippen LogP contribution in [0.15, 0.2) is 0 Å². The summed E-state index contributed by atoms with van der Waals surface area (Å²) in [5.74, 6) is 0.364. The van der Waals surface area contributed by atoms with Crippen LogP contribution in [0.4, 0.5) is 0 Å². The predicted octanol–water partition coefficient (Wildman–Crippen LogP) is 3.52. The zero-order chi connectivity index (χ0) is 19.1. The summed E-state index contributed by atoms with van der Waals surface area (Å²) in [7, 11) is -2.85. The van der Waals surface area contributed by atoms with Crippen molar-refractivity contribution >= 4 is 19.4 Å². The van der Waals surface area contributed by atoms with Crippen LogP contribution in [0.25, 0.3) is 0 Å². The lowest BCUT2D eigenvalue weighted by atomic mass is 9.45. The molecule has 7 nitrogen and oxygen atoms in total. The molecule has 0 aromatic carbocycles. The van der Waals surface area contributed by atoms with Crippen molar-refractivity contribution in [2.24, 2.45) is 23.7 Å². The van der Waals surface area contributed by atoms with Crippen LogP contribution in [0.3, 0.4) is 0 Å². The smallest absolute Gasteiger partial charge is 0.348 e. The maximum atomic E-state index is 11.3. The second-order valence-electron chi connectivity index (χ2n) is 9.41. The molecule has 5 atom stereocenters. The molecule has 27 heavy (non-hydrogen) atoms. The number of phosphoric ester groups is 1. The van der Waals surface area contributed by atoms with E-state index in [9.17, 15) is 14.4 Å². The summed E-state index contributed by atoms with van der Waals surface area (Å²) in [6.07, 6.45) is 7.45. The molecule has 154 valence electrons. The van der Waals surface area contributed by atoms with E-state index in [1.807, 2.05) is 0 Å². The fourth-order valence-electron chi connectivity index (χ4n) is 7.32. The van der Waals surface area contributed by atoms with Crippen molar-refractivity contribution in [2.45, 2.75) is 80.2 Å². The first-order valence-electron chi connectivity index (χ1n) is 10.0. The third-order valence-electron chi connectivity index (χ3n) is 7.93. The van der Waals surface area contributed by atoms with Crippen molar-refractivity contribution in [3.8, 4) is 0 Å². The zero-order valence-corrected chi connectivity index (χ0v) is 17.2. The fourth-order valence-corrected chi connectivity index (χ4v) is 8.49. The SMILES string of the molecule is COC1(C2CCCC(OP(=O)(O)O)C2)OOC12C1CC3CC2CC(Cl)(C3)C1. The normalized spacial score (nSPS) is 54.3. The average Bonchev–Trinajstić information content (AvgIpc) is 2.52. The molecule has 2 N–H and O–H groups in total. The summed E-state index contributed by atoms with van der Waals surface area (Å²) in [6.45, 7) is 0. The van der Waals surface area contributed by atoms with E-state index in [1.54, 1.807) is 7.11 Å². The number of halogens is 1. The van der Waals surface area contributed by atoms with Gasteiger partial charge in [-0.05, 0) is 69.1 Å². The number of methoxy groups -OCH3 is 1. The Morgan fingerprint density at radius 1 is 1.04 bits per heavy atom. The lowest BCUT2D eigenvalue weighted by molar-refractivity contribution is -0.646. The largest absolute Gasteiger partial charge is 0.469 e. The van der Waals surface area contributed by atoms with Gasteiger partial charge in [0.25, 0.3) is 0 Å². The molecule has 0 aromatic heterocycles. The van der Waals surface area contributed by atoms with Crippen LogP contribution in [0.1, 0.15) is 57.8 Å². The molecule has 1 saturated heterocycles.